The van der Waals surface area contributed by atoms with Crippen LogP contribution in [-0.4, -0.2) is 16.9 Å². The molecule has 1 fully saturated rings. The second-order valence-corrected chi connectivity index (χ2v) is 6.20. The molecule has 3 nitrogen and oxygen atoms in total. The van der Waals surface area contributed by atoms with Crippen molar-refractivity contribution < 1.29 is 14.7 Å². The van der Waals surface area contributed by atoms with Crippen LogP contribution in [0, 0.1) is 11.8 Å². The lowest BCUT2D eigenvalue weighted by molar-refractivity contribution is -0.144. The van der Waals surface area contributed by atoms with Gasteiger partial charge in [-0.1, -0.05) is 60.7 Å². The van der Waals surface area contributed by atoms with Gasteiger partial charge in [-0.3, -0.25) is 9.59 Å². The van der Waals surface area contributed by atoms with Gasteiger partial charge in [-0.25, -0.2) is 0 Å². The maximum atomic E-state index is 12.7. The van der Waals surface area contributed by atoms with Crippen LogP contribution in [-0.2, 0) is 4.79 Å². The summed E-state index contributed by atoms with van der Waals surface area (Å²) in [4.78, 5) is 24.4. The van der Waals surface area contributed by atoms with Crippen LogP contribution in [0.15, 0.2) is 60.7 Å². The lowest BCUT2D eigenvalue weighted by Crippen LogP contribution is -2.35. The van der Waals surface area contributed by atoms with E-state index in [1.54, 1.807) is 12.1 Å². The third kappa shape index (κ3) is 3.34. The van der Waals surface area contributed by atoms with Gasteiger partial charge in [0.15, 0.2) is 5.78 Å². The van der Waals surface area contributed by atoms with Gasteiger partial charge in [-0.15, -0.1) is 0 Å². The smallest absolute Gasteiger partial charge is 0.307 e. The van der Waals surface area contributed by atoms with Crippen molar-refractivity contribution in [3.8, 4) is 0 Å². The number of carboxylic acid groups (broad SMARTS) is 1. The summed E-state index contributed by atoms with van der Waals surface area (Å²) in [5.74, 6) is -1.71. The summed E-state index contributed by atoms with van der Waals surface area (Å²) in [6, 6.07) is 19.0. The van der Waals surface area contributed by atoms with Crippen molar-refractivity contribution in [2.75, 3.05) is 0 Å². The molecule has 0 heterocycles. The van der Waals surface area contributed by atoms with Crippen LogP contribution in [0.5, 0.6) is 0 Å². The van der Waals surface area contributed by atoms with E-state index in [0.717, 1.165) is 6.42 Å². The zero-order valence-electron chi connectivity index (χ0n) is 12.9. The molecule has 0 unspecified atom stereocenters. The molecule has 1 aliphatic rings. The van der Waals surface area contributed by atoms with E-state index in [0.29, 0.717) is 18.4 Å². The Morgan fingerprint density at radius 3 is 2.04 bits per heavy atom. The number of hydrogen-bond acceptors (Lipinski definition) is 2. The van der Waals surface area contributed by atoms with Gasteiger partial charge in [-0.2, -0.15) is 0 Å². The summed E-state index contributed by atoms with van der Waals surface area (Å²) in [6.45, 7) is 0. The van der Waals surface area contributed by atoms with Gasteiger partial charge >= 0.3 is 5.97 Å². The first-order valence-corrected chi connectivity index (χ1v) is 8.04. The van der Waals surface area contributed by atoms with E-state index in [9.17, 15) is 14.7 Å². The molecule has 0 aliphatic heterocycles. The molecule has 2 aromatic carbocycles. The average Bonchev–Trinajstić information content (AvgIpc) is 2.62. The number of ketones is 1. The van der Waals surface area contributed by atoms with Gasteiger partial charge in [0.2, 0.25) is 0 Å². The number of carbonyl (C=O) groups excluding carboxylic acids is 1. The molecule has 23 heavy (non-hydrogen) atoms. The van der Waals surface area contributed by atoms with Gasteiger partial charge < -0.3 is 5.11 Å². The molecule has 0 saturated heterocycles. The third-order valence-electron chi connectivity index (χ3n) is 4.83. The number of hydrogen-bond donors (Lipinski definition) is 1. The Hall–Kier alpha value is -2.42. The Balaban J connectivity index is 1.81. The molecule has 1 aliphatic carbocycles. The van der Waals surface area contributed by atoms with E-state index in [4.69, 9.17) is 0 Å². The molecule has 2 aromatic rings. The average molecular weight is 308 g/mol. The van der Waals surface area contributed by atoms with Crippen molar-refractivity contribution in [3.05, 3.63) is 71.8 Å². The number of aliphatic carboxylic acids is 1. The minimum absolute atomic E-state index is 0.0375. The zero-order valence-corrected chi connectivity index (χ0v) is 12.9. The summed E-state index contributed by atoms with van der Waals surface area (Å²) in [6.07, 6.45) is 2.02. The molecule has 0 aromatic heterocycles. The van der Waals surface area contributed by atoms with E-state index in [1.165, 1.54) is 5.56 Å². The molecule has 1 saturated carbocycles. The molecule has 0 amide bonds. The van der Waals surface area contributed by atoms with Crippen molar-refractivity contribution in [1.29, 1.82) is 0 Å². The Morgan fingerprint density at radius 2 is 1.43 bits per heavy atom. The van der Waals surface area contributed by atoms with Crippen LogP contribution in [0.1, 0.15) is 41.1 Å². The molecule has 1 N–H and O–H groups in total. The van der Waals surface area contributed by atoms with Crippen LogP contribution < -0.4 is 0 Å². The van der Waals surface area contributed by atoms with Crippen molar-refractivity contribution in [2.45, 2.75) is 25.2 Å². The van der Waals surface area contributed by atoms with Crippen LogP contribution in [0.25, 0.3) is 0 Å². The van der Waals surface area contributed by atoms with Crippen LogP contribution in [0.4, 0.5) is 0 Å². The summed E-state index contributed by atoms with van der Waals surface area (Å²) in [5.41, 5.74) is 1.78. The predicted octanol–water partition coefficient (Wildman–Crippen LogP) is 4.15. The highest BCUT2D eigenvalue weighted by molar-refractivity contribution is 6.00. The van der Waals surface area contributed by atoms with E-state index >= 15 is 0 Å². The van der Waals surface area contributed by atoms with E-state index in [2.05, 4.69) is 0 Å². The van der Waals surface area contributed by atoms with Gasteiger partial charge in [0.1, 0.15) is 0 Å². The normalized spacial score (nSPS) is 24.1. The van der Waals surface area contributed by atoms with Crippen molar-refractivity contribution >= 4 is 11.8 Å². The van der Waals surface area contributed by atoms with E-state index in [1.807, 2.05) is 48.5 Å². The Labute approximate surface area is 136 Å². The number of rotatable bonds is 4. The molecule has 3 heteroatoms. The fourth-order valence-corrected chi connectivity index (χ4v) is 3.60. The van der Waals surface area contributed by atoms with Crippen molar-refractivity contribution in [3.63, 3.8) is 0 Å². The molecule has 0 spiro atoms. The van der Waals surface area contributed by atoms with Gasteiger partial charge in [0.05, 0.1) is 5.92 Å². The van der Waals surface area contributed by atoms with Gasteiger partial charge in [-0.05, 0) is 30.7 Å². The fraction of sp³-hybridized carbons (Fsp3) is 0.300. The topological polar surface area (TPSA) is 54.4 Å². The quantitative estimate of drug-likeness (QED) is 0.863. The maximum Gasteiger partial charge on any atom is 0.307 e. The number of Topliss-reactive ketones (excluding diaryl/α,β-unsaturated/α-hetero) is 1. The van der Waals surface area contributed by atoms with Crippen molar-refractivity contribution in [2.24, 2.45) is 11.8 Å². The predicted molar refractivity (Wildman–Crippen MR) is 88.4 cm³/mol. The lowest BCUT2D eigenvalue weighted by atomic mass is 9.69. The second kappa shape index (κ2) is 6.78. The molecular weight excluding hydrogens is 288 g/mol. The SMILES string of the molecule is O=C(O)[C@H]1C[C@H](c2ccccc2)CC[C@@H]1C(=O)c1ccccc1. The van der Waals surface area contributed by atoms with Crippen LogP contribution in [0.3, 0.4) is 0 Å². The molecular formula is C20H20O3. The van der Waals surface area contributed by atoms with Crippen LogP contribution >= 0.6 is 0 Å². The van der Waals surface area contributed by atoms with E-state index in [-0.39, 0.29) is 11.7 Å². The van der Waals surface area contributed by atoms with E-state index < -0.39 is 17.8 Å². The van der Waals surface area contributed by atoms with Crippen molar-refractivity contribution in [1.82, 2.24) is 0 Å². The second-order valence-electron chi connectivity index (χ2n) is 6.20. The first kappa shape index (κ1) is 15.5. The molecule has 3 rings (SSSR count). The van der Waals surface area contributed by atoms with Crippen LogP contribution in [0.2, 0.25) is 0 Å². The zero-order chi connectivity index (χ0) is 16.2. The minimum Gasteiger partial charge on any atom is -0.481 e. The standard InChI is InChI=1S/C20H20O3/c21-19(15-9-5-2-6-10-15)17-12-11-16(13-18(17)20(22)23)14-7-3-1-4-8-14/h1-10,16-18H,11-13H2,(H,22,23)/t16-,17+,18+/m1/s1. The Morgan fingerprint density at radius 1 is 0.826 bits per heavy atom. The molecule has 118 valence electrons. The third-order valence-corrected chi connectivity index (χ3v) is 4.83. The minimum atomic E-state index is -0.861. The highest BCUT2D eigenvalue weighted by atomic mass is 16.4. The molecule has 3 atom stereocenters. The first-order chi connectivity index (χ1) is 11.2. The summed E-state index contributed by atoms with van der Waals surface area (Å²) < 4.78 is 0. The maximum absolute atomic E-state index is 12.7. The number of carboxylic acids is 1. The highest BCUT2D eigenvalue weighted by Gasteiger charge is 2.39. The fourth-order valence-electron chi connectivity index (χ4n) is 3.60. The Bertz CT molecular complexity index is 679. The molecule has 0 radical (unpaired) electrons. The first-order valence-electron chi connectivity index (χ1n) is 8.04. The summed E-state index contributed by atoms with van der Waals surface area (Å²) in [7, 11) is 0. The van der Waals surface area contributed by atoms with Gasteiger partial charge in [0, 0.05) is 11.5 Å². The largest absolute Gasteiger partial charge is 0.481 e. The number of benzene rings is 2. The lowest BCUT2D eigenvalue weighted by Gasteiger charge is -2.33. The highest BCUT2D eigenvalue weighted by Crippen LogP contribution is 2.41. The summed E-state index contributed by atoms with van der Waals surface area (Å²) in [5, 5.41) is 9.62. The number of carbonyl (C=O) groups is 2. The monoisotopic (exact) mass is 308 g/mol. The van der Waals surface area contributed by atoms with Gasteiger partial charge in [0.25, 0.3) is 0 Å². The summed E-state index contributed by atoms with van der Waals surface area (Å²) >= 11 is 0. The molecule has 0 bridgehead atoms. The Kier molecular flexibility index (Phi) is 4.56.